The van der Waals surface area contributed by atoms with Crippen molar-refractivity contribution in [3.05, 3.63) is 57.9 Å². The standard InChI is InChI=1S/C20H20ClFO5/c1-4-27-17(24)11-15(23)18-16(25-2)9-8-13(20(18)26-3)10-12-6-5-7-14(21)19(12)22/h5-9H,4,10-11H2,1-3H3. The molecule has 0 aromatic heterocycles. The Balaban J connectivity index is 2.47. The zero-order chi connectivity index (χ0) is 20.0. The van der Waals surface area contributed by atoms with Gasteiger partial charge in [0.2, 0.25) is 0 Å². The van der Waals surface area contributed by atoms with Crippen LogP contribution in [0, 0.1) is 5.82 Å². The van der Waals surface area contributed by atoms with E-state index in [1.807, 2.05) is 0 Å². The smallest absolute Gasteiger partial charge is 0.313 e. The molecule has 0 atom stereocenters. The van der Waals surface area contributed by atoms with Gasteiger partial charge >= 0.3 is 5.97 Å². The molecule has 0 N–H and O–H groups in total. The van der Waals surface area contributed by atoms with Crippen molar-refractivity contribution < 1.29 is 28.2 Å². The summed E-state index contributed by atoms with van der Waals surface area (Å²) in [5.74, 6) is -1.19. The van der Waals surface area contributed by atoms with Gasteiger partial charge in [-0.25, -0.2) is 4.39 Å². The van der Waals surface area contributed by atoms with E-state index in [4.69, 9.17) is 25.8 Å². The molecule has 0 aliphatic heterocycles. The Morgan fingerprint density at radius 2 is 1.81 bits per heavy atom. The second-order valence-corrected chi connectivity index (χ2v) is 6.04. The lowest BCUT2D eigenvalue weighted by Gasteiger charge is -2.16. The molecule has 0 unspecified atom stereocenters. The minimum Gasteiger partial charge on any atom is -0.496 e. The molecule has 0 heterocycles. The van der Waals surface area contributed by atoms with E-state index in [-0.39, 0.29) is 35.1 Å². The van der Waals surface area contributed by atoms with Gasteiger partial charge < -0.3 is 14.2 Å². The van der Waals surface area contributed by atoms with E-state index in [1.54, 1.807) is 31.2 Å². The first kappa shape index (κ1) is 20.7. The first-order chi connectivity index (χ1) is 12.9. The zero-order valence-electron chi connectivity index (χ0n) is 15.3. The van der Waals surface area contributed by atoms with Crippen LogP contribution in [0.2, 0.25) is 5.02 Å². The van der Waals surface area contributed by atoms with Gasteiger partial charge in [0.05, 0.1) is 25.8 Å². The number of carbonyl (C=O) groups is 2. The molecule has 0 saturated heterocycles. The maximum absolute atomic E-state index is 14.3. The number of esters is 1. The molecular formula is C20H20ClFO5. The van der Waals surface area contributed by atoms with Crippen molar-refractivity contribution in [3.63, 3.8) is 0 Å². The predicted molar refractivity (Wildman–Crippen MR) is 99.3 cm³/mol. The third-order valence-corrected chi connectivity index (χ3v) is 4.22. The fourth-order valence-corrected chi connectivity index (χ4v) is 2.93. The maximum Gasteiger partial charge on any atom is 0.313 e. The lowest BCUT2D eigenvalue weighted by atomic mass is 9.97. The van der Waals surface area contributed by atoms with E-state index in [0.717, 1.165) is 0 Å². The summed E-state index contributed by atoms with van der Waals surface area (Å²) in [7, 11) is 2.81. The van der Waals surface area contributed by atoms with Crippen LogP contribution in [0.15, 0.2) is 30.3 Å². The first-order valence-corrected chi connectivity index (χ1v) is 8.66. The Labute approximate surface area is 162 Å². The third kappa shape index (κ3) is 4.77. The zero-order valence-corrected chi connectivity index (χ0v) is 16.1. The minimum atomic E-state index is -0.641. The van der Waals surface area contributed by atoms with Crippen LogP contribution in [0.1, 0.15) is 34.8 Å². The topological polar surface area (TPSA) is 61.8 Å². The quantitative estimate of drug-likeness (QED) is 0.381. The summed E-state index contributed by atoms with van der Waals surface area (Å²) in [5, 5.41) is 0.0126. The van der Waals surface area contributed by atoms with E-state index < -0.39 is 24.0 Å². The van der Waals surface area contributed by atoms with Crippen LogP contribution in [0.25, 0.3) is 0 Å². The summed E-state index contributed by atoms with van der Waals surface area (Å²) in [6.45, 7) is 1.83. The van der Waals surface area contributed by atoms with Gasteiger partial charge in [-0.1, -0.05) is 29.8 Å². The number of halogens is 2. The van der Waals surface area contributed by atoms with Crippen molar-refractivity contribution in [3.8, 4) is 11.5 Å². The van der Waals surface area contributed by atoms with Gasteiger partial charge in [-0.15, -0.1) is 0 Å². The molecular weight excluding hydrogens is 375 g/mol. The average Bonchev–Trinajstić information content (AvgIpc) is 2.65. The van der Waals surface area contributed by atoms with Gasteiger partial charge in [0.1, 0.15) is 29.3 Å². The SMILES string of the molecule is CCOC(=O)CC(=O)c1c(OC)ccc(Cc2cccc(Cl)c2F)c1OC. The molecule has 144 valence electrons. The van der Waals surface area contributed by atoms with Crippen LogP contribution in [0.3, 0.4) is 0 Å². The molecule has 2 aromatic carbocycles. The van der Waals surface area contributed by atoms with E-state index in [2.05, 4.69) is 0 Å². The summed E-state index contributed by atoms with van der Waals surface area (Å²) >= 11 is 5.84. The average molecular weight is 395 g/mol. The van der Waals surface area contributed by atoms with Crippen LogP contribution in [-0.4, -0.2) is 32.6 Å². The molecule has 2 aromatic rings. The molecule has 0 fully saturated rings. The first-order valence-electron chi connectivity index (χ1n) is 8.28. The summed E-state index contributed by atoms with van der Waals surface area (Å²) in [6, 6.07) is 7.96. The van der Waals surface area contributed by atoms with Gasteiger partial charge in [-0.05, 0) is 30.2 Å². The number of Topliss-reactive ketones (excluding diaryl/α,β-unsaturated/α-hetero) is 1. The van der Waals surface area contributed by atoms with Crippen molar-refractivity contribution in [1.82, 2.24) is 0 Å². The lowest BCUT2D eigenvalue weighted by molar-refractivity contribution is -0.141. The number of ether oxygens (including phenoxy) is 3. The Kier molecular flexibility index (Phi) is 7.19. The van der Waals surface area contributed by atoms with Crippen LogP contribution in [0.5, 0.6) is 11.5 Å². The molecule has 0 spiro atoms. The highest BCUT2D eigenvalue weighted by molar-refractivity contribution is 6.30. The molecule has 0 bridgehead atoms. The highest BCUT2D eigenvalue weighted by Crippen LogP contribution is 2.35. The Bertz CT molecular complexity index is 851. The third-order valence-electron chi connectivity index (χ3n) is 3.93. The fraction of sp³-hybridized carbons (Fsp3) is 0.300. The number of carbonyl (C=O) groups excluding carboxylic acids is 2. The molecule has 0 saturated carbocycles. The Morgan fingerprint density at radius 1 is 1.07 bits per heavy atom. The Morgan fingerprint density at radius 3 is 2.44 bits per heavy atom. The number of methoxy groups -OCH3 is 2. The van der Waals surface area contributed by atoms with Crippen molar-refractivity contribution in [2.75, 3.05) is 20.8 Å². The molecule has 5 nitrogen and oxygen atoms in total. The van der Waals surface area contributed by atoms with E-state index >= 15 is 0 Å². The minimum absolute atomic E-state index is 0.0126. The normalized spacial score (nSPS) is 10.4. The molecule has 0 aliphatic rings. The second-order valence-electron chi connectivity index (χ2n) is 5.63. The fourth-order valence-electron chi connectivity index (χ4n) is 2.74. The van der Waals surface area contributed by atoms with E-state index in [0.29, 0.717) is 11.1 Å². The van der Waals surface area contributed by atoms with Crippen molar-refractivity contribution in [2.24, 2.45) is 0 Å². The molecule has 2 rings (SSSR count). The largest absolute Gasteiger partial charge is 0.496 e. The summed E-state index contributed by atoms with van der Waals surface area (Å²) in [4.78, 5) is 24.4. The van der Waals surface area contributed by atoms with Gasteiger partial charge in [0.25, 0.3) is 0 Å². The van der Waals surface area contributed by atoms with Crippen LogP contribution < -0.4 is 9.47 Å². The van der Waals surface area contributed by atoms with Gasteiger partial charge in [0.15, 0.2) is 5.78 Å². The van der Waals surface area contributed by atoms with Crippen molar-refractivity contribution >= 4 is 23.4 Å². The molecule has 7 heteroatoms. The number of benzene rings is 2. The number of rotatable bonds is 8. The van der Waals surface area contributed by atoms with E-state index in [9.17, 15) is 14.0 Å². The van der Waals surface area contributed by atoms with E-state index in [1.165, 1.54) is 20.3 Å². The van der Waals surface area contributed by atoms with Gasteiger partial charge in [0, 0.05) is 6.42 Å². The molecule has 0 amide bonds. The van der Waals surface area contributed by atoms with Gasteiger partial charge in [-0.2, -0.15) is 0 Å². The van der Waals surface area contributed by atoms with Crippen molar-refractivity contribution in [2.45, 2.75) is 19.8 Å². The van der Waals surface area contributed by atoms with Crippen LogP contribution in [-0.2, 0) is 16.0 Å². The highest BCUT2D eigenvalue weighted by Gasteiger charge is 2.24. The number of hydrogen-bond donors (Lipinski definition) is 0. The van der Waals surface area contributed by atoms with Crippen LogP contribution in [0.4, 0.5) is 4.39 Å². The number of hydrogen-bond acceptors (Lipinski definition) is 5. The number of ketones is 1. The molecule has 27 heavy (non-hydrogen) atoms. The monoisotopic (exact) mass is 394 g/mol. The Hall–Kier alpha value is -2.60. The van der Waals surface area contributed by atoms with Gasteiger partial charge in [-0.3, -0.25) is 9.59 Å². The summed E-state index contributed by atoms with van der Waals surface area (Å²) < 4.78 is 29.8. The highest BCUT2D eigenvalue weighted by atomic mass is 35.5. The second kappa shape index (κ2) is 9.37. The molecule has 0 radical (unpaired) electrons. The summed E-state index contributed by atoms with van der Waals surface area (Å²) in [6.07, 6.45) is -0.297. The van der Waals surface area contributed by atoms with Crippen LogP contribution >= 0.6 is 11.6 Å². The molecule has 0 aliphatic carbocycles. The van der Waals surface area contributed by atoms with Crippen molar-refractivity contribution in [1.29, 1.82) is 0 Å². The summed E-state index contributed by atoms with van der Waals surface area (Å²) in [5.41, 5.74) is 1.04. The maximum atomic E-state index is 14.3. The lowest BCUT2D eigenvalue weighted by Crippen LogP contribution is -2.14. The predicted octanol–water partition coefficient (Wildman–Crippen LogP) is 4.22.